The van der Waals surface area contributed by atoms with Gasteiger partial charge in [0.25, 0.3) is 5.56 Å². The summed E-state index contributed by atoms with van der Waals surface area (Å²) in [6.45, 7) is 4.58. The van der Waals surface area contributed by atoms with Gasteiger partial charge in [0.05, 0.1) is 10.7 Å². The van der Waals surface area contributed by atoms with Crippen molar-refractivity contribution in [2.24, 2.45) is 11.8 Å². The average molecular weight is 343 g/mol. The van der Waals surface area contributed by atoms with Crippen LogP contribution in [0.3, 0.4) is 0 Å². The Hall–Kier alpha value is -0.880. The summed E-state index contributed by atoms with van der Waals surface area (Å²) in [6, 6.07) is 0. The molecule has 1 fully saturated rings. The Morgan fingerprint density at radius 1 is 1.50 bits per heavy atom. The quantitative estimate of drug-likeness (QED) is 0.796. The van der Waals surface area contributed by atoms with Crippen molar-refractivity contribution in [1.29, 1.82) is 0 Å². The summed E-state index contributed by atoms with van der Waals surface area (Å²) < 4.78 is 2.34. The topological polar surface area (TPSA) is 59.0 Å². The third-order valence-electron chi connectivity index (χ3n) is 3.83. The number of aromatic nitrogens is 2. The molecule has 1 aromatic rings. The highest BCUT2D eigenvalue weighted by Gasteiger charge is 2.20. The molecule has 0 radical (unpaired) electrons. The van der Waals surface area contributed by atoms with Gasteiger partial charge >= 0.3 is 0 Å². The van der Waals surface area contributed by atoms with Crippen LogP contribution in [0.5, 0.6) is 0 Å². The molecule has 6 heteroatoms. The highest BCUT2D eigenvalue weighted by atomic mass is 79.9. The van der Waals surface area contributed by atoms with Crippen LogP contribution in [0.4, 0.5) is 5.69 Å². The Morgan fingerprint density at radius 2 is 2.25 bits per heavy atom. The average Bonchev–Trinajstić information content (AvgIpc) is 2.36. The van der Waals surface area contributed by atoms with E-state index in [4.69, 9.17) is 0 Å². The number of nitrogens with zero attached hydrogens (tertiary/aromatic N) is 2. The van der Waals surface area contributed by atoms with Gasteiger partial charge in [-0.2, -0.15) is 5.10 Å². The molecule has 2 rings (SSSR count). The molecule has 1 aliphatic rings. The zero-order chi connectivity index (χ0) is 14.5. The maximum atomic E-state index is 12.4. The zero-order valence-electron chi connectivity index (χ0n) is 12.2. The van der Waals surface area contributed by atoms with Crippen LogP contribution in [0.25, 0.3) is 0 Å². The fourth-order valence-electron chi connectivity index (χ4n) is 2.38. The first-order valence-corrected chi connectivity index (χ1v) is 8.05. The van der Waals surface area contributed by atoms with Gasteiger partial charge in [-0.25, -0.2) is 4.68 Å². The molecule has 112 valence electrons. The fraction of sp³-hybridized carbons (Fsp3) is 0.714. The van der Waals surface area contributed by atoms with Gasteiger partial charge in [0.1, 0.15) is 5.69 Å². The SMILES string of the molecule is CNCC(C)CNc1c(Br)cnn(CC2CCC2)c1=O. The Labute approximate surface area is 128 Å². The molecule has 0 aromatic carbocycles. The summed E-state index contributed by atoms with van der Waals surface area (Å²) in [4.78, 5) is 12.4. The minimum absolute atomic E-state index is 0.0251. The number of halogens is 1. The van der Waals surface area contributed by atoms with E-state index in [1.807, 2.05) is 7.05 Å². The lowest BCUT2D eigenvalue weighted by atomic mass is 9.85. The van der Waals surface area contributed by atoms with E-state index < -0.39 is 0 Å². The summed E-state index contributed by atoms with van der Waals surface area (Å²) in [5, 5.41) is 10.6. The van der Waals surface area contributed by atoms with Crippen LogP contribution in [0.1, 0.15) is 26.2 Å². The molecule has 1 aromatic heterocycles. The van der Waals surface area contributed by atoms with Gasteiger partial charge in [0.15, 0.2) is 0 Å². The van der Waals surface area contributed by atoms with Crippen molar-refractivity contribution in [2.45, 2.75) is 32.7 Å². The van der Waals surface area contributed by atoms with E-state index in [9.17, 15) is 4.79 Å². The monoisotopic (exact) mass is 342 g/mol. The van der Waals surface area contributed by atoms with E-state index in [0.717, 1.165) is 24.1 Å². The van der Waals surface area contributed by atoms with Crippen molar-refractivity contribution in [2.75, 3.05) is 25.5 Å². The highest BCUT2D eigenvalue weighted by Crippen LogP contribution is 2.27. The maximum absolute atomic E-state index is 12.4. The summed E-state index contributed by atoms with van der Waals surface area (Å²) in [5.74, 6) is 1.08. The van der Waals surface area contributed by atoms with Crippen molar-refractivity contribution in [1.82, 2.24) is 15.1 Å². The van der Waals surface area contributed by atoms with Crippen molar-refractivity contribution >= 4 is 21.6 Å². The van der Waals surface area contributed by atoms with Crippen molar-refractivity contribution in [3.63, 3.8) is 0 Å². The predicted molar refractivity (Wildman–Crippen MR) is 85.1 cm³/mol. The zero-order valence-corrected chi connectivity index (χ0v) is 13.7. The first kappa shape index (κ1) is 15.5. The van der Waals surface area contributed by atoms with Gasteiger partial charge in [0, 0.05) is 13.1 Å². The van der Waals surface area contributed by atoms with Crippen molar-refractivity contribution in [3.05, 3.63) is 21.0 Å². The lowest BCUT2D eigenvalue weighted by molar-refractivity contribution is 0.262. The van der Waals surface area contributed by atoms with E-state index in [1.165, 1.54) is 19.3 Å². The summed E-state index contributed by atoms with van der Waals surface area (Å²) in [5.41, 5.74) is 0.602. The van der Waals surface area contributed by atoms with Gasteiger partial charge in [-0.1, -0.05) is 13.3 Å². The lowest BCUT2D eigenvalue weighted by Crippen LogP contribution is -2.32. The molecule has 2 N–H and O–H groups in total. The van der Waals surface area contributed by atoms with Crippen LogP contribution >= 0.6 is 15.9 Å². The number of anilines is 1. The molecule has 5 nitrogen and oxygen atoms in total. The molecule has 1 saturated carbocycles. The standard InChI is InChI=1S/C14H23BrN4O/c1-10(6-16-2)7-17-13-12(15)8-18-19(14(13)20)9-11-4-3-5-11/h8,10-11,16-17H,3-7,9H2,1-2H3. The molecule has 1 unspecified atom stereocenters. The lowest BCUT2D eigenvalue weighted by Gasteiger charge is -2.25. The van der Waals surface area contributed by atoms with Gasteiger partial charge in [-0.15, -0.1) is 0 Å². The molecule has 1 heterocycles. The Kier molecular flexibility index (Phi) is 5.60. The van der Waals surface area contributed by atoms with E-state index in [2.05, 4.69) is 38.6 Å². The van der Waals surface area contributed by atoms with Crippen LogP contribution in [0.15, 0.2) is 15.5 Å². The van der Waals surface area contributed by atoms with Crippen LogP contribution < -0.4 is 16.2 Å². The molecule has 20 heavy (non-hydrogen) atoms. The second kappa shape index (κ2) is 7.22. The smallest absolute Gasteiger partial charge is 0.291 e. The molecule has 0 aliphatic heterocycles. The van der Waals surface area contributed by atoms with Crippen LogP contribution in [0, 0.1) is 11.8 Å². The fourth-order valence-corrected chi connectivity index (χ4v) is 2.78. The molecule has 0 saturated heterocycles. The first-order valence-electron chi connectivity index (χ1n) is 7.26. The Balaban J connectivity index is 2.06. The van der Waals surface area contributed by atoms with Gasteiger partial charge in [-0.3, -0.25) is 4.79 Å². The van der Waals surface area contributed by atoms with Crippen molar-refractivity contribution in [3.8, 4) is 0 Å². The first-order chi connectivity index (χ1) is 9.61. The largest absolute Gasteiger partial charge is 0.379 e. The third kappa shape index (κ3) is 3.82. The van der Waals surface area contributed by atoms with E-state index in [0.29, 0.717) is 17.5 Å². The van der Waals surface area contributed by atoms with Gasteiger partial charge in [0.2, 0.25) is 0 Å². The second-order valence-electron chi connectivity index (χ2n) is 5.70. The molecule has 0 amide bonds. The number of rotatable bonds is 7. The third-order valence-corrected chi connectivity index (χ3v) is 4.43. The molecule has 0 bridgehead atoms. The minimum atomic E-state index is -0.0251. The molecule has 1 aliphatic carbocycles. The Bertz CT molecular complexity index is 498. The second-order valence-corrected chi connectivity index (χ2v) is 6.55. The summed E-state index contributed by atoms with van der Waals surface area (Å²) in [7, 11) is 1.93. The van der Waals surface area contributed by atoms with Crippen LogP contribution in [-0.2, 0) is 6.54 Å². The Morgan fingerprint density at radius 3 is 2.85 bits per heavy atom. The van der Waals surface area contributed by atoms with Crippen LogP contribution in [-0.4, -0.2) is 29.9 Å². The van der Waals surface area contributed by atoms with Gasteiger partial charge < -0.3 is 10.6 Å². The van der Waals surface area contributed by atoms with Crippen molar-refractivity contribution < 1.29 is 0 Å². The summed E-state index contributed by atoms with van der Waals surface area (Å²) in [6.07, 6.45) is 5.42. The minimum Gasteiger partial charge on any atom is -0.379 e. The van der Waals surface area contributed by atoms with Crippen LogP contribution in [0.2, 0.25) is 0 Å². The number of hydrogen-bond donors (Lipinski definition) is 2. The number of hydrogen-bond acceptors (Lipinski definition) is 4. The van der Waals surface area contributed by atoms with Gasteiger partial charge in [-0.05, 0) is 54.2 Å². The van der Waals surface area contributed by atoms with E-state index in [-0.39, 0.29) is 5.56 Å². The van der Waals surface area contributed by atoms with E-state index in [1.54, 1.807) is 10.9 Å². The molecular weight excluding hydrogens is 320 g/mol. The molecule has 1 atom stereocenters. The summed E-state index contributed by atoms with van der Waals surface area (Å²) >= 11 is 3.41. The van der Waals surface area contributed by atoms with E-state index >= 15 is 0 Å². The highest BCUT2D eigenvalue weighted by molar-refractivity contribution is 9.10. The maximum Gasteiger partial charge on any atom is 0.291 e. The molecule has 0 spiro atoms. The molecular formula is C14H23BrN4O. The number of nitrogens with one attached hydrogen (secondary N) is 2. The normalized spacial score (nSPS) is 16.8. The predicted octanol–water partition coefficient (Wildman–Crippen LogP) is 2.07.